The second-order valence-electron chi connectivity index (χ2n) is 4.79. The molecule has 0 spiro atoms. The summed E-state index contributed by atoms with van der Waals surface area (Å²) in [5.74, 6) is 1.64. The van der Waals surface area contributed by atoms with Crippen molar-refractivity contribution < 1.29 is 9.47 Å². The molecule has 0 bridgehead atoms. The second-order valence-corrected chi connectivity index (χ2v) is 5.68. The molecule has 0 saturated carbocycles. The fraction of sp³-hybridized carbons (Fsp3) is 0.400. The fourth-order valence-corrected chi connectivity index (χ4v) is 3.41. The number of aromatic nitrogens is 1. The van der Waals surface area contributed by atoms with E-state index in [2.05, 4.69) is 10.7 Å². The quantitative estimate of drug-likeness (QED) is 0.938. The number of ether oxygens (including phenoxy) is 2. The van der Waals surface area contributed by atoms with Crippen molar-refractivity contribution in [3.63, 3.8) is 0 Å². The van der Waals surface area contributed by atoms with E-state index >= 15 is 0 Å². The van der Waals surface area contributed by atoms with Crippen LogP contribution in [0.5, 0.6) is 11.5 Å². The van der Waals surface area contributed by atoms with Gasteiger partial charge >= 0.3 is 0 Å². The van der Waals surface area contributed by atoms with Crippen molar-refractivity contribution in [1.82, 2.24) is 10.3 Å². The van der Waals surface area contributed by atoms with Crippen LogP contribution in [0.15, 0.2) is 23.6 Å². The molecule has 2 aromatic rings. The van der Waals surface area contributed by atoms with Gasteiger partial charge in [-0.1, -0.05) is 0 Å². The molecule has 5 heteroatoms. The highest BCUT2D eigenvalue weighted by molar-refractivity contribution is 7.10. The number of hydrogen-bond acceptors (Lipinski definition) is 5. The van der Waals surface area contributed by atoms with Gasteiger partial charge in [-0.05, 0) is 37.6 Å². The van der Waals surface area contributed by atoms with Crippen LogP contribution in [0.1, 0.15) is 23.9 Å². The van der Waals surface area contributed by atoms with Crippen LogP contribution < -0.4 is 14.8 Å². The summed E-state index contributed by atoms with van der Waals surface area (Å²) in [5, 5.41) is 6.73. The summed E-state index contributed by atoms with van der Waals surface area (Å²) < 4.78 is 10.7. The van der Waals surface area contributed by atoms with Crippen LogP contribution in [-0.2, 0) is 0 Å². The molecule has 1 unspecified atom stereocenters. The van der Waals surface area contributed by atoms with Crippen LogP contribution in [0.2, 0.25) is 0 Å². The Bertz CT molecular complexity index is 591. The third kappa shape index (κ3) is 2.51. The molecule has 1 aromatic carbocycles. The number of rotatable bonds is 4. The number of methoxy groups -OCH3 is 2. The Balaban J connectivity index is 1.95. The molecule has 1 atom stereocenters. The Morgan fingerprint density at radius 3 is 2.90 bits per heavy atom. The molecule has 1 saturated heterocycles. The van der Waals surface area contributed by atoms with Crippen LogP contribution in [0.3, 0.4) is 0 Å². The Morgan fingerprint density at radius 2 is 2.20 bits per heavy atom. The molecule has 1 N–H and O–H groups in total. The molecule has 106 valence electrons. The Labute approximate surface area is 122 Å². The number of nitrogens with one attached hydrogen (secondary N) is 1. The first-order chi connectivity index (χ1) is 9.81. The minimum Gasteiger partial charge on any atom is -0.497 e. The third-order valence-corrected chi connectivity index (χ3v) is 4.52. The molecular formula is C15H18N2O2S. The van der Waals surface area contributed by atoms with Gasteiger partial charge in [0, 0.05) is 10.9 Å². The highest BCUT2D eigenvalue weighted by atomic mass is 32.1. The molecule has 3 rings (SSSR count). The van der Waals surface area contributed by atoms with Gasteiger partial charge in [0.05, 0.1) is 26.0 Å². The summed E-state index contributed by atoms with van der Waals surface area (Å²) in [6.45, 7) is 1.09. The summed E-state index contributed by atoms with van der Waals surface area (Å²) in [6.07, 6.45) is 2.39. The lowest BCUT2D eigenvalue weighted by atomic mass is 10.1. The molecule has 1 fully saturated rings. The average molecular weight is 290 g/mol. The lowest BCUT2D eigenvalue weighted by molar-refractivity contribution is 0.404. The first-order valence-electron chi connectivity index (χ1n) is 6.73. The van der Waals surface area contributed by atoms with Crippen LogP contribution in [0.25, 0.3) is 11.3 Å². The smallest absolute Gasteiger partial charge is 0.128 e. The van der Waals surface area contributed by atoms with Gasteiger partial charge in [0.2, 0.25) is 0 Å². The molecule has 1 aliphatic heterocycles. The highest BCUT2D eigenvalue weighted by Gasteiger charge is 2.20. The summed E-state index contributed by atoms with van der Waals surface area (Å²) in [5.41, 5.74) is 1.93. The molecule has 1 aromatic heterocycles. The molecule has 20 heavy (non-hydrogen) atoms. The van der Waals surface area contributed by atoms with E-state index in [4.69, 9.17) is 14.5 Å². The molecule has 0 radical (unpaired) electrons. The maximum atomic E-state index is 5.43. The first kappa shape index (κ1) is 13.4. The number of nitrogens with zero attached hydrogens (tertiary/aromatic N) is 1. The van der Waals surface area contributed by atoms with Gasteiger partial charge in [-0.2, -0.15) is 0 Å². The molecular weight excluding hydrogens is 272 g/mol. The van der Waals surface area contributed by atoms with Gasteiger partial charge in [-0.25, -0.2) is 4.98 Å². The molecule has 2 heterocycles. The van der Waals surface area contributed by atoms with E-state index in [-0.39, 0.29) is 0 Å². The second kappa shape index (κ2) is 5.81. The Kier molecular flexibility index (Phi) is 3.89. The van der Waals surface area contributed by atoms with Crippen molar-refractivity contribution in [2.75, 3.05) is 20.8 Å². The van der Waals surface area contributed by atoms with E-state index in [1.807, 2.05) is 18.2 Å². The van der Waals surface area contributed by atoms with Gasteiger partial charge in [-0.3, -0.25) is 0 Å². The van der Waals surface area contributed by atoms with E-state index in [1.165, 1.54) is 12.8 Å². The van der Waals surface area contributed by atoms with E-state index in [0.717, 1.165) is 34.3 Å². The fourth-order valence-electron chi connectivity index (χ4n) is 2.48. The largest absolute Gasteiger partial charge is 0.497 e. The van der Waals surface area contributed by atoms with Gasteiger partial charge in [0.1, 0.15) is 16.5 Å². The highest BCUT2D eigenvalue weighted by Crippen LogP contribution is 2.36. The van der Waals surface area contributed by atoms with Crippen LogP contribution >= 0.6 is 11.3 Å². The topological polar surface area (TPSA) is 43.4 Å². The molecule has 4 nitrogen and oxygen atoms in total. The van der Waals surface area contributed by atoms with Crippen LogP contribution in [0, 0.1) is 0 Å². The molecule has 1 aliphatic rings. The van der Waals surface area contributed by atoms with Gasteiger partial charge < -0.3 is 14.8 Å². The summed E-state index contributed by atoms with van der Waals surface area (Å²) >= 11 is 1.70. The number of hydrogen-bond donors (Lipinski definition) is 1. The number of benzene rings is 1. The van der Waals surface area contributed by atoms with E-state index in [1.54, 1.807) is 25.6 Å². The third-order valence-electron chi connectivity index (χ3n) is 3.56. The SMILES string of the molecule is COc1ccc(OC)c(-c2csc(C3CCCN3)n2)c1. The Morgan fingerprint density at radius 1 is 1.30 bits per heavy atom. The summed E-state index contributed by atoms with van der Waals surface area (Å²) in [6, 6.07) is 6.19. The van der Waals surface area contributed by atoms with Crippen molar-refractivity contribution >= 4 is 11.3 Å². The zero-order valence-corrected chi connectivity index (χ0v) is 12.5. The van der Waals surface area contributed by atoms with Crippen molar-refractivity contribution in [1.29, 1.82) is 0 Å². The average Bonchev–Trinajstić information content (AvgIpc) is 3.17. The maximum absolute atomic E-state index is 5.43. The summed E-state index contributed by atoms with van der Waals surface area (Å²) in [7, 11) is 3.34. The van der Waals surface area contributed by atoms with E-state index < -0.39 is 0 Å². The minimum atomic E-state index is 0.408. The lowest BCUT2D eigenvalue weighted by Crippen LogP contribution is -2.12. The lowest BCUT2D eigenvalue weighted by Gasteiger charge is -2.09. The molecule has 0 aliphatic carbocycles. The standard InChI is InChI=1S/C15H18N2O2S/c1-18-10-5-6-14(19-2)11(8-10)13-9-20-15(17-13)12-4-3-7-16-12/h5-6,8-9,12,16H,3-4,7H2,1-2H3. The monoisotopic (exact) mass is 290 g/mol. The van der Waals surface area contributed by atoms with Crippen molar-refractivity contribution in [2.45, 2.75) is 18.9 Å². The zero-order valence-electron chi connectivity index (χ0n) is 11.7. The van der Waals surface area contributed by atoms with Gasteiger partial charge in [0.25, 0.3) is 0 Å². The molecule has 0 amide bonds. The maximum Gasteiger partial charge on any atom is 0.128 e. The van der Waals surface area contributed by atoms with Crippen molar-refractivity contribution in [3.05, 3.63) is 28.6 Å². The minimum absolute atomic E-state index is 0.408. The normalized spacial score (nSPS) is 18.2. The number of thiazole rings is 1. The van der Waals surface area contributed by atoms with Gasteiger partial charge in [-0.15, -0.1) is 11.3 Å². The first-order valence-corrected chi connectivity index (χ1v) is 7.61. The Hall–Kier alpha value is -1.59. The van der Waals surface area contributed by atoms with Crippen LogP contribution in [-0.4, -0.2) is 25.7 Å². The predicted molar refractivity (Wildman–Crippen MR) is 80.6 cm³/mol. The zero-order chi connectivity index (χ0) is 13.9. The van der Waals surface area contributed by atoms with Crippen molar-refractivity contribution in [2.24, 2.45) is 0 Å². The predicted octanol–water partition coefficient (Wildman–Crippen LogP) is 3.25. The van der Waals surface area contributed by atoms with E-state index in [9.17, 15) is 0 Å². The summed E-state index contributed by atoms with van der Waals surface area (Å²) in [4.78, 5) is 4.77. The van der Waals surface area contributed by atoms with E-state index in [0.29, 0.717) is 6.04 Å². The van der Waals surface area contributed by atoms with Gasteiger partial charge in [0.15, 0.2) is 0 Å². The van der Waals surface area contributed by atoms with Crippen LogP contribution in [0.4, 0.5) is 0 Å². The van der Waals surface area contributed by atoms with Crippen molar-refractivity contribution in [3.8, 4) is 22.8 Å².